The Labute approximate surface area is 210 Å². The fraction of sp³-hybridized carbons (Fsp3) is 0.815. The molecule has 2 saturated carbocycles. The smallest absolute Gasteiger partial charge is 0.419 e. The number of imide groups is 1. The Morgan fingerprint density at radius 1 is 1.00 bits per heavy atom. The Morgan fingerprint density at radius 2 is 1.60 bits per heavy atom. The van der Waals surface area contributed by atoms with E-state index in [0.29, 0.717) is 24.4 Å². The van der Waals surface area contributed by atoms with Crippen LogP contribution >= 0.6 is 0 Å². The lowest BCUT2D eigenvalue weighted by Crippen LogP contribution is -2.47. The molecular formula is C27H44N4O4. The SMILES string of the molecule is CN1CCCC(c2cn(C3CC(CN(C(=O)OC(C)(C)C)C(=O)OC(C)(C)C)C3)nc2C2CC2)C1. The summed E-state index contributed by atoms with van der Waals surface area (Å²) in [5.41, 5.74) is 1.40. The van der Waals surface area contributed by atoms with Crippen molar-refractivity contribution in [1.29, 1.82) is 0 Å². The molecule has 35 heavy (non-hydrogen) atoms. The lowest BCUT2D eigenvalue weighted by Gasteiger charge is -2.38. The van der Waals surface area contributed by atoms with Gasteiger partial charge in [-0.05, 0) is 105 Å². The lowest BCUT2D eigenvalue weighted by atomic mass is 9.80. The van der Waals surface area contributed by atoms with Gasteiger partial charge >= 0.3 is 12.2 Å². The quantitative estimate of drug-likeness (QED) is 0.530. The molecule has 4 rings (SSSR count). The van der Waals surface area contributed by atoms with Crippen molar-refractivity contribution < 1.29 is 19.1 Å². The monoisotopic (exact) mass is 488 g/mol. The van der Waals surface area contributed by atoms with Crippen LogP contribution in [0.25, 0.3) is 0 Å². The van der Waals surface area contributed by atoms with Crippen molar-refractivity contribution in [2.24, 2.45) is 5.92 Å². The van der Waals surface area contributed by atoms with Gasteiger partial charge in [-0.15, -0.1) is 0 Å². The van der Waals surface area contributed by atoms with E-state index < -0.39 is 23.4 Å². The van der Waals surface area contributed by atoms with Crippen LogP contribution in [0.2, 0.25) is 0 Å². The second-order valence-electron chi connectivity index (χ2n) is 12.9. The summed E-state index contributed by atoms with van der Waals surface area (Å²) in [4.78, 5) is 29.2. The molecule has 2 heterocycles. The van der Waals surface area contributed by atoms with Crippen LogP contribution in [-0.4, -0.2) is 69.7 Å². The molecule has 3 aliphatic rings. The molecule has 1 saturated heterocycles. The molecule has 0 aromatic carbocycles. The van der Waals surface area contributed by atoms with E-state index in [0.717, 1.165) is 24.3 Å². The number of piperidine rings is 1. The van der Waals surface area contributed by atoms with Crippen molar-refractivity contribution in [1.82, 2.24) is 19.6 Å². The highest BCUT2D eigenvalue weighted by Gasteiger charge is 2.40. The van der Waals surface area contributed by atoms with E-state index in [2.05, 4.69) is 22.8 Å². The first kappa shape index (κ1) is 26.0. The van der Waals surface area contributed by atoms with Gasteiger partial charge in [-0.3, -0.25) is 4.68 Å². The van der Waals surface area contributed by atoms with E-state index in [-0.39, 0.29) is 5.92 Å². The summed E-state index contributed by atoms with van der Waals surface area (Å²) in [7, 11) is 2.21. The summed E-state index contributed by atoms with van der Waals surface area (Å²) in [6.07, 6.45) is 7.77. The van der Waals surface area contributed by atoms with Crippen molar-refractivity contribution in [2.75, 3.05) is 26.7 Å². The molecule has 1 atom stereocenters. The van der Waals surface area contributed by atoms with Gasteiger partial charge in [0.25, 0.3) is 0 Å². The van der Waals surface area contributed by atoms with Crippen LogP contribution in [0, 0.1) is 5.92 Å². The molecule has 8 heteroatoms. The minimum Gasteiger partial charge on any atom is -0.443 e. The third kappa shape index (κ3) is 6.78. The first-order chi connectivity index (χ1) is 16.3. The van der Waals surface area contributed by atoms with E-state index in [4.69, 9.17) is 14.6 Å². The lowest BCUT2D eigenvalue weighted by molar-refractivity contribution is -0.00642. The minimum atomic E-state index is -0.683. The standard InChI is InChI=1S/C27H44N4O4/c1-26(2,3)34-24(32)30(25(33)35-27(4,5)6)15-18-13-21(14-18)31-17-22(23(28-31)19-10-11-19)20-9-8-12-29(7)16-20/h17-21H,8-16H2,1-7H3. The van der Waals surface area contributed by atoms with Gasteiger partial charge in [0.2, 0.25) is 0 Å². The largest absolute Gasteiger partial charge is 0.443 e. The molecule has 0 N–H and O–H groups in total. The van der Waals surface area contributed by atoms with Gasteiger partial charge < -0.3 is 14.4 Å². The molecule has 0 radical (unpaired) electrons. The number of aromatic nitrogens is 2. The number of likely N-dealkylation sites (tertiary alicyclic amines) is 1. The van der Waals surface area contributed by atoms with Crippen LogP contribution < -0.4 is 0 Å². The third-order valence-corrected chi connectivity index (χ3v) is 7.07. The highest BCUT2D eigenvalue weighted by molar-refractivity contribution is 5.88. The van der Waals surface area contributed by atoms with Crippen molar-refractivity contribution >= 4 is 12.2 Å². The number of hydrogen-bond donors (Lipinski definition) is 0. The van der Waals surface area contributed by atoms with Gasteiger partial charge in [0.15, 0.2) is 0 Å². The van der Waals surface area contributed by atoms with Crippen LogP contribution in [0.3, 0.4) is 0 Å². The summed E-state index contributed by atoms with van der Waals surface area (Å²) in [6.45, 7) is 13.4. The van der Waals surface area contributed by atoms with Gasteiger partial charge in [-0.2, -0.15) is 5.10 Å². The second kappa shape index (κ2) is 9.75. The van der Waals surface area contributed by atoms with Crippen LogP contribution in [0.1, 0.15) is 109 Å². The Hall–Kier alpha value is -2.09. The molecule has 196 valence electrons. The summed E-state index contributed by atoms with van der Waals surface area (Å²) in [5, 5.41) is 5.08. The second-order valence-corrected chi connectivity index (χ2v) is 12.9. The molecule has 1 aromatic rings. The average molecular weight is 489 g/mol. The van der Waals surface area contributed by atoms with Crippen molar-refractivity contribution in [2.45, 2.75) is 109 Å². The van der Waals surface area contributed by atoms with Crippen LogP contribution in [0.4, 0.5) is 9.59 Å². The number of carbonyl (C=O) groups is 2. The molecule has 3 fully saturated rings. The fourth-order valence-electron chi connectivity index (χ4n) is 5.20. The summed E-state index contributed by atoms with van der Waals surface area (Å²) in [5.74, 6) is 1.41. The normalized spacial score (nSPS) is 25.6. The highest BCUT2D eigenvalue weighted by Crippen LogP contribution is 2.46. The number of carbonyl (C=O) groups excluding carboxylic acids is 2. The Kier molecular flexibility index (Phi) is 7.24. The topological polar surface area (TPSA) is 76.9 Å². The van der Waals surface area contributed by atoms with Gasteiger partial charge in [0.1, 0.15) is 11.2 Å². The van der Waals surface area contributed by atoms with Crippen LogP contribution in [-0.2, 0) is 9.47 Å². The fourth-order valence-corrected chi connectivity index (χ4v) is 5.20. The molecule has 1 aromatic heterocycles. The van der Waals surface area contributed by atoms with Crippen molar-refractivity contribution in [3.63, 3.8) is 0 Å². The molecule has 1 unspecified atom stereocenters. The van der Waals surface area contributed by atoms with Crippen LogP contribution in [0.5, 0.6) is 0 Å². The molecule has 0 spiro atoms. The molecule has 8 nitrogen and oxygen atoms in total. The third-order valence-electron chi connectivity index (χ3n) is 7.07. The summed E-state index contributed by atoms with van der Waals surface area (Å²) in [6, 6.07) is 0.312. The Morgan fingerprint density at radius 3 is 2.11 bits per heavy atom. The van der Waals surface area contributed by atoms with Crippen molar-refractivity contribution in [3.05, 3.63) is 17.5 Å². The van der Waals surface area contributed by atoms with E-state index in [9.17, 15) is 9.59 Å². The van der Waals surface area contributed by atoms with Gasteiger partial charge in [0, 0.05) is 31.1 Å². The maximum Gasteiger partial charge on any atom is 0.419 e. The molecule has 0 bridgehead atoms. The minimum absolute atomic E-state index is 0.206. The zero-order valence-electron chi connectivity index (χ0n) is 22.7. The number of likely N-dealkylation sites (N-methyl/N-ethyl adjacent to an activating group) is 1. The van der Waals surface area contributed by atoms with E-state index in [1.165, 1.54) is 43.5 Å². The predicted molar refractivity (Wildman–Crippen MR) is 135 cm³/mol. The molecular weight excluding hydrogens is 444 g/mol. The Balaban J connectivity index is 1.41. The Bertz CT molecular complexity index is 891. The first-order valence-electron chi connectivity index (χ1n) is 13.3. The maximum absolute atomic E-state index is 12.8. The first-order valence-corrected chi connectivity index (χ1v) is 13.3. The molecule has 1 aliphatic heterocycles. The number of amides is 2. The summed E-state index contributed by atoms with van der Waals surface area (Å²) >= 11 is 0. The maximum atomic E-state index is 12.8. The van der Waals surface area contributed by atoms with E-state index >= 15 is 0 Å². The zero-order valence-corrected chi connectivity index (χ0v) is 22.7. The predicted octanol–water partition coefficient (Wildman–Crippen LogP) is 5.69. The van der Waals surface area contributed by atoms with Gasteiger partial charge in [0.05, 0.1) is 11.7 Å². The highest BCUT2D eigenvalue weighted by atomic mass is 16.6. The van der Waals surface area contributed by atoms with Gasteiger partial charge in [-0.1, -0.05) is 0 Å². The summed E-state index contributed by atoms with van der Waals surface area (Å²) < 4.78 is 13.2. The average Bonchev–Trinajstić information content (AvgIpc) is 3.43. The van der Waals surface area contributed by atoms with Gasteiger partial charge in [-0.25, -0.2) is 14.5 Å². The molecule has 2 amide bonds. The molecule has 2 aliphatic carbocycles. The number of nitrogens with zero attached hydrogens (tertiary/aromatic N) is 4. The van der Waals surface area contributed by atoms with Crippen LogP contribution in [0.15, 0.2) is 6.20 Å². The van der Waals surface area contributed by atoms with E-state index in [1.54, 1.807) is 41.5 Å². The van der Waals surface area contributed by atoms with E-state index in [1.807, 2.05) is 0 Å². The van der Waals surface area contributed by atoms with Crippen molar-refractivity contribution in [3.8, 4) is 0 Å². The number of ether oxygens (including phenoxy) is 2. The zero-order chi connectivity index (χ0) is 25.5. The number of hydrogen-bond acceptors (Lipinski definition) is 6. The number of rotatable bonds is 5.